The summed E-state index contributed by atoms with van der Waals surface area (Å²) >= 11 is 0. The Morgan fingerprint density at radius 2 is 2.00 bits per heavy atom. The van der Waals surface area contributed by atoms with E-state index in [0.717, 1.165) is 58.3 Å². The van der Waals surface area contributed by atoms with Crippen LogP contribution >= 0.6 is 0 Å². The van der Waals surface area contributed by atoms with Gasteiger partial charge < -0.3 is 14.7 Å². The van der Waals surface area contributed by atoms with E-state index in [1.165, 1.54) is 12.8 Å². The number of aliphatic hydroxyl groups excluding tert-OH is 1. The minimum absolute atomic E-state index is 0.159. The molecule has 1 N–H and O–H groups in total. The smallest absolute Gasteiger partial charge is 0.0898 e. The Morgan fingerprint density at radius 3 is 2.74 bits per heavy atom. The number of aliphatic hydroxyl groups is 1. The van der Waals surface area contributed by atoms with Gasteiger partial charge in [0.05, 0.1) is 25.4 Å². The molecule has 2 atom stereocenters. The molecule has 2 fully saturated rings. The highest BCUT2D eigenvalue weighted by molar-refractivity contribution is 4.81. The summed E-state index contributed by atoms with van der Waals surface area (Å²) in [6.45, 7) is 9.41. The molecule has 2 saturated heterocycles. The van der Waals surface area contributed by atoms with Gasteiger partial charge >= 0.3 is 0 Å². The Hall–Kier alpha value is -0.950. The van der Waals surface area contributed by atoms with Gasteiger partial charge in [0.2, 0.25) is 0 Å². The molecule has 0 radical (unpaired) electrons. The second kappa shape index (κ2) is 8.24. The van der Waals surface area contributed by atoms with E-state index in [2.05, 4.69) is 21.8 Å². The number of likely N-dealkylation sites (tertiary alicyclic amines) is 1. The van der Waals surface area contributed by atoms with Crippen LogP contribution in [0.25, 0.3) is 0 Å². The third-order valence-corrected chi connectivity index (χ3v) is 4.99. The van der Waals surface area contributed by atoms with Crippen LogP contribution in [0.15, 0.2) is 18.5 Å². The van der Waals surface area contributed by atoms with Gasteiger partial charge in [0, 0.05) is 38.6 Å². The van der Waals surface area contributed by atoms with Crippen LogP contribution in [0.5, 0.6) is 0 Å². The summed E-state index contributed by atoms with van der Waals surface area (Å²) in [4.78, 5) is 4.74. The fraction of sp³-hybridized carbons (Fsp3) is 0.824. The zero-order valence-corrected chi connectivity index (χ0v) is 14.2. The molecule has 3 heterocycles. The Balaban J connectivity index is 1.40. The van der Waals surface area contributed by atoms with Crippen molar-refractivity contribution >= 4 is 0 Å². The zero-order chi connectivity index (χ0) is 16.1. The third kappa shape index (κ3) is 5.28. The van der Waals surface area contributed by atoms with Crippen molar-refractivity contribution in [2.45, 2.75) is 38.5 Å². The van der Waals surface area contributed by atoms with Gasteiger partial charge in [-0.3, -0.25) is 9.58 Å². The summed E-state index contributed by atoms with van der Waals surface area (Å²) in [6.07, 6.45) is 6.17. The van der Waals surface area contributed by atoms with Crippen LogP contribution in [0.3, 0.4) is 0 Å². The number of nitrogens with zero attached hydrogens (tertiary/aromatic N) is 4. The molecule has 0 aromatic carbocycles. The highest BCUT2D eigenvalue weighted by Gasteiger charge is 2.24. The predicted octanol–water partition coefficient (Wildman–Crippen LogP) is 0.677. The minimum atomic E-state index is -0.271. The molecule has 0 saturated carbocycles. The SMILES string of the molecule is CC1CCN(C[C@H](O)CN2CCO[C@H](Cn3cccn3)C2)CC1. The highest BCUT2D eigenvalue weighted by Crippen LogP contribution is 2.16. The first kappa shape index (κ1) is 16.9. The van der Waals surface area contributed by atoms with Gasteiger partial charge in [0.25, 0.3) is 0 Å². The van der Waals surface area contributed by atoms with Gasteiger partial charge in [-0.25, -0.2) is 0 Å². The van der Waals surface area contributed by atoms with Crippen LogP contribution in [0.2, 0.25) is 0 Å². The standard InChI is InChI=1S/C17H30N4O2/c1-15-3-7-19(8-4-15)11-16(22)12-20-9-10-23-17(13-20)14-21-6-2-5-18-21/h2,5-6,15-17,22H,3-4,7-14H2,1H3/t16-,17-/m0/s1. The number of aromatic nitrogens is 2. The summed E-state index contributed by atoms with van der Waals surface area (Å²) in [5.74, 6) is 0.839. The maximum absolute atomic E-state index is 10.4. The topological polar surface area (TPSA) is 53.8 Å². The number of ether oxygens (including phenoxy) is 1. The summed E-state index contributed by atoms with van der Waals surface area (Å²) < 4.78 is 7.75. The van der Waals surface area contributed by atoms with Gasteiger partial charge in [0.1, 0.15) is 0 Å². The highest BCUT2D eigenvalue weighted by atomic mass is 16.5. The van der Waals surface area contributed by atoms with Crippen molar-refractivity contribution in [1.82, 2.24) is 19.6 Å². The van der Waals surface area contributed by atoms with E-state index in [4.69, 9.17) is 4.74 Å². The molecule has 0 spiro atoms. The lowest BCUT2D eigenvalue weighted by atomic mass is 9.99. The molecule has 2 aliphatic heterocycles. The summed E-state index contributed by atoms with van der Waals surface area (Å²) in [7, 11) is 0. The fourth-order valence-corrected chi connectivity index (χ4v) is 3.57. The summed E-state index contributed by atoms with van der Waals surface area (Å²) in [5.41, 5.74) is 0. The van der Waals surface area contributed by atoms with Crippen molar-refractivity contribution in [1.29, 1.82) is 0 Å². The Kier molecular flexibility index (Phi) is 6.05. The molecule has 3 rings (SSSR count). The van der Waals surface area contributed by atoms with Gasteiger partial charge in [-0.1, -0.05) is 6.92 Å². The molecule has 0 bridgehead atoms. The minimum Gasteiger partial charge on any atom is -0.390 e. The van der Waals surface area contributed by atoms with Crippen molar-refractivity contribution in [3.63, 3.8) is 0 Å². The molecule has 0 aliphatic carbocycles. The summed E-state index contributed by atoms with van der Waals surface area (Å²) in [5, 5.41) is 14.7. The van der Waals surface area contributed by atoms with Gasteiger partial charge in [-0.05, 0) is 37.9 Å². The summed E-state index contributed by atoms with van der Waals surface area (Å²) in [6, 6.07) is 1.93. The van der Waals surface area contributed by atoms with Crippen LogP contribution in [-0.4, -0.2) is 82.8 Å². The Labute approximate surface area is 139 Å². The van der Waals surface area contributed by atoms with E-state index < -0.39 is 0 Å². The second-order valence-corrected chi connectivity index (χ2v) is 7.12. The first-order chi connectivity index (χ1) is 11.2. The van der Waals surface area contributed by atoms with Crippen LogP contribution < -0.4 is 0 Å². The van der Waals surface area contributed by atoms with Crippen molar-refractivity contribution in [2.75, 3.05) is 45.9 Å². The predicted molar refractivity (Wildman–Crippen MR) is 89.3 cm³/mol. The molecular formula is C17H30N4O2. The van der Waals surface area contributed by atoms with E-state index in [-0.39, 0.29) is 12.2 Å². The first-order valence-corrected chi connectivity index (χ1v) is 8.91. The number of rotatable bonds is 6. The maximum Gasteiger partial charge on any atom is 0.0898 e. The van der Waals surface area contributed by atoms with Gasteiger partial charge in [0.15, 0.2) is 0 Å². The third-order valence-electron chi connectivity index (χ3n) is 4.99. The van der Waals surface area contributed by atoms with Crippen molar-refractivity contribution in [3.8, 4) is 0 Å². The van der Waals surface area contributed by atoms with Gasteiger partial charge in [-0.2, -0.15) is 5.10 Å². The molecule has 1 aromatic rings. The lowest BCUT2D eigenvalue weighted by Crippen LogP contribution is -2.49. The van der Waals surface area contributed by atoms with E-state index in [9.17, 15) is 5.11 Å². The van der Waals surface area contributed by atoms with Crippen LogP contribution in [-0.2, 0) is 11.3 Å². The molecule has 1 aromatic heterocycles. The molecule has 2 aliphatic rings. The van der Waals surface area contributed by atoms with Crippen molar-refractivity contribution < 1.29 is 9.84 Å². The fourth-order valence-electron chi connectivity index (χ4n) is 3.57. The van der Waals surface area contributed by atoms with E-state index in [1.807, 2.05) is 16.9 Å². The van der Waals surface area contributed by atoms with E-state index in [0.29, 0.717) is 0 Å². The lowest BCUT2D eigenvalue weighted by molar-refractivity contribution is -0.0513. The molecule has 0 amide bonds. The molecule has 23 heavy (non-hydrogen) atoms. The number of hydrogen-bond acceptors (Lipinski definition) is 5. The number of β-amino-alcohol motifs (C(OH)–C–C–N with tert-alkyl or cyclic N) is 1. The van der Waals surface area contributed by atoms with Gasteiger partial charge in [-0.15, -0.1) is 0 Å². The second-order valence-electron chi connectivity index (χ2n) is 7.12. The number of hydrogen-bond donors (Lipinski definition) is 1. The Morgan fingerprint density at radius 1 is 1.22 bits per heavy atom. The van der Waals surface area contributed by atoms with Crippen molar-refractivity contribution in [3.05, 3.63) is 18.5 Å². The molecular weight excluding hydrogens is 292 g/mol. The number of morpholine rings is 1. The molecule has 0 unspecified atom stereocenters. The maximum atomic E-state index is 10.4. The monoisotopic (exact) mass is 322 g/mol. The zero-order valence-electron chi connectivity index (χ0n) is 14.2. The van der Waals surface area contributed by atoms with E-state index >= 15 is 0 Å². The average Bonchev–Trinajstić information content (AvgIpc) is 3.03. The molecule has 6 heteroatoms. The largest absolute Gasteiger partial charge is 0.390 e. The lowest BCUT2D eigenvalue weighted by Gasteiger charge is -2.36. The van der Waals surface area contributed by atoms with Crippen LogP contribution in [0, 0.1) is 5.92 Å². The van der Waals surface area contributed by atoms with E-state index in [1.54, 1.807) is 6.20 Å². The van der Waals surface area contributed by atoms with Crippen LogP contribution in [0.1, 0.15) is 19.8 Å². The average molecular weight is 322 g/mol. The molecule has 130 valence electrons. The quantitative estimate of drug-likeness (QED) is 0.835. The number of piperidine rings is 1. The van der Waals surface area contributed by atoms with Crippen molar-refractivity contribution in [2.24, 2.45) is 5.92 Å². The first-order valence-electron chi connectivity index (χ1n) is 8.91. The molecule has 6 nitrogen and oxygen atoms in total. The van der Waals surface area contributed by atoms with Crippen LogP contribution in [0.4, 0.5) is 0 Å². The Bertz CT molecular complexity index is 445. The normalized spacial score (nSPS) is 26.4.